The molecule has 0 radical (unpaired) electrons. The summed E-state index contributed by atoms with van der Waals surface area (Å²) in [7, 11) is 0. The van der Waals surface area contributed by atoms with Gasteiger partial charge in [-0.3, -0.25) is 4.79 Å². The highest BCUT2D eigenvalue weighted by Crippen LogP contribution is 2.40. The fourth-order valence-electron chi connectivity index (χ4n) is 2.16. The number of aryl methyl sites for hydroxylation is 1. The minimum absolute atomic E-state index is 0.143. The quantitative estimate of drug-likeness (QED) is 0.343. The normalized spacial score (nSPS) is 22.8. The first-order valence-corrected chi connectivity index (χ1v) is 7.17. The van der Waals surface area contributed by atoms with E-state index in [4.69, 9.17) is 4.74 Å². The third-order valence-corrected chi connectivity index (χ3v) is 4.55. The van der Waals surface area contributed by atoms with Gasteiger partial charge in [0.05, 0.1) is 8.99 Å². The molecule has 1 aliphatic carbocycles. The molecule has 0 aromatic heterocycles. The van der Waals surface area contributed by atoms with Gasteiger partial charge < -0.3 is 4.74 Å². The Kier molecular flexibility index (Phi) is 3.80. The molecule has 1 aliphatic rings. The molecule has 0 aliphatic heterocycles. The first-order valence-electron chi connectivity index (χ1n) is 6.09. The highest BCUT2D eigenvalue weighted by Gasteiger charge is 2.39. The molecule has 0 spiro atoms. The third kappa shape index (κ3) is 2.46. The molecule has 0 fully saturated rings. The summed E-state index contributed by atoms with van der Waals surface area (Å²) in [4.78, 5) is 12.3. The summed E-state index contributed by atoms with van der Waals surface area (Å²) in [5.74, 6) is 0.516. The number of ether oxygens (including phenoxy) is 1. The molecular formula is C15H17IO2. The van der Waals surface area contributed by atoms with E-state index in [1.54, 1.807) is 0 Å². The highest BCUT2D eigenvalue weighted by atomic mass is 127. The summed E-state index contributed by atoms with van der Waals surface area (Å²) in [5, 5.41) is 0. The highest BCUT2D eigenvalue weighted by molar-refractivity contribution is 14.1. The van der Waals surface area contributed by atoms with E-state index < -0.39 is 5.41 Å². The lowest BCUT2D eigenvalue weighted by molar-refractivity contribution is -0.142. The Labute approximate surface area is 122 Å². The van der Waals surface area contributed by atoms with Crippen LogP contribution in [0, 0.1) is 15.9 Å². The van der Waals surface area contributed by atoms with Crippen molar-refractivity contribution in [2.24, 2.45) is 5.41 Å². The van der Waals surface area contributed by atoms with E-state index in [1.165, 1.54) is 5.56 Å². The van der Waals surface area contributed by atoms with Crippen molar-refractivity contribution in [1.82, 2.24) is 0 Å². The zero-order valence-electron chi connectivity index (χ0n) is 10.9. The van der Waals surface area contributed by atoms with Gasteiger partial charge in [-0.15, -0.1) is 0 Å². The lowest BCUT2D eigenvalue weighted by Gasteiger charge is -2.23. The monoisotopic (exact) mass is 356 g/mol. The number of halogens is 1. The molecule has 0 heterocycles. The van der Waals surface area contributed by atoms with Gasteiger partial charge in [0.2, 0.25) is 0 Å². The van der Waals surface area contributed by atoms with Gasteiger partial charge in [0.1, 0.15) is 5.75 Å². The van der Waals surface area contributed by atoms with Crippen LogP contribution in [0.1, 0.15) is 32.3 Å². The molecule has 1 aromatic carbocycles. The minimum Gasteiger partial charge on any atom is -0.425 e. The molecule has 2 nitrogen and oxygen atoms in total. The summed E-state index contributed by atoms with van der Waals surface area (Å²) in [6.45, 7) is 6.00. The molecule has 0 bridgehead atoms. The molecule has 0 saturated heterocycles. The number of hydrogen-bond acceptors (Lipinski definition) is 2. The van der Waals surface area contributed by atoms with Gasteiger partial charge in [-0.25, -0.2) is 0 Å². The van der Waals surface area contributed by atoms with Crippen molar-refractivity contribution in [2.75, 3.05) is 0 Å². The van der Waals surface area contributed by atoms with Crippen molar-refractivity contribution < 1.29 is 9.53 Å². The minimum atomic E-state index is -0.450. The fraction of sp³-hybridized carbons (Fsp3) is 0.400. The summed E-state index contributed by atoms with van der Waals surface area (Å²) >= 11 is 2.20. The van der Waals surface area contributed by atoms with Gasteiger partial charge in [-0.2, -0.15) is 0 Å². The largest absolute Gasteiger partial charge is 0.425 e. The predicted molar refractivity (Wildman–Crippen MR) is 80.6 cm³/mol. The number of rotatable bonds is 2. The molecular weight excluding hydrogens is 339 g/mol. The third-order valence-electron chi connectivity index (χ3n) is 3.71. The second-order valence-electron chi connectivity index (χ2n) is 5.08. The smallest absolute Gasteiger partial charge is 0.321 e. The Morgan fingerprint density at radius 3 is 2.67 bits per heavy atom. The average molecular weight is 356 g/mol. The predicted octanol–water partition coefficient (Wildman–Crippen LogP) is 4.25. The van der Waals surface area contributed by atoms with E-state index in [0.29, 0.717) is 5.75 Å². The Morgan fingerprint density at radius 1 is 1.39 bits per heavy atom. The van der Waals surface area contributed by atoms with E-state index in [2.05, 4.69) is 28.7 Å². The van der Waals surface area contributed by atoms with E-state index in [0.717, 1.165) is 22.0 Å². The van der Waals surface area contributed by atoms with Gasteiger partial charge in [-0.1, -0.05) is 17.7 Å². The Morgan fingerprint density at radius 2 is 2.11 bits per heavy atom. The number of carbonyl (C=O) groups excluding carboxylic acids is 1. The number of esters is 1. The van der Waals surface area contributed by atoms with Crippen molar-refractivity contribution in [3.8, 4) is 5.75 Å². The lowest BCUT2D eigenvalue weighted by atomic mass is 9.84. The van der Waals surface area contributed by atoms with Crippen molar-refractivity contribution >= 4 is 28.6 Å². The maximum atomic E-state index is 12.3. The lowest BCUT2D eigenvalue weighted by Crippen LogP contribution is -2.31. The molecule has 96 valence electrons. The van der Waals surface area contributed by atoms with Crippen LogP contribution in [0.15, 0.2) is 29.8 Å². The van der Waals surface area contributed by atoms with Gasteiger partial charge in [0.15, 0.2) is 0 Å². The maximum absolute atomic E-state index is 12.3. The van der Waals surface area contributed by atoms with Crippen LogP contribution < -0.4 is 4.74 Å². The summed E-state index contributed by atoms with van der Waals surface area (Å²) in [5.41, 5.74) is 1.84. The summed E-state index contributed by atoms with van der Waals surface area (Å²) in [6.07, 6.45) is 3.93. The van der Waals surface area contributed by atoms with Crippen molar-refractivity contribution in [3.63, 3.8) is 0 Å². The van der Waals surface area contributed by atoms with E-state index in [-0.39, 0.29) is 5.97 Å². The van der Waals surface area contributed by atoms with Crippen LogP contribution in [0.3, 0.4) is 0 Å². The summed E-state index contributed by atoms with van der Waals surface area (Å²) in [6, 6.07) is 5.85. The molecule has 3 heteroatoms. The van der Waals surface area contributed by atoms with E-state index in [1.807, 2.05) is 39.0 Å². The number of allylic oxidation sites excluding steroid dienone is 1. The molecule has 0 saturated carbocycles. The summed E-state index contributed by atoms with van der Waals surface area (Å²) < 4.78 is 6.55. The number of carbonyl (C=O) groups is 1. The molecule has 1 atom stereocenters. The number of benzene rings is 1. The van der Waals surface area contributed by atoms with Crippen LogP contribution in [-0.4, -0.2) is 5.97 Å². The first kappa shape index (κ1) is 13.6. The maximum Gasteiger partial charge on any atom is 0.321 e. The van der Waals surface area contributed by atoms with E-state index >= 15 is 0 Å². The van der Waals surface area contributed by atoms with Gasteiger partial charge in [-0.05, 0) is 73.9 Å². The molecule has 0 N–H and O–H groups in total. The molecule has 18 heavy (non-hydrogen) atoms. The Balaban J connectivity index is 2.19. The first-order chi connectivity index (χ1) is 8.43. The molecule has 0 amide bonds. The van der Waals surface area contributed by atoms with Crippen LogP contribution >= 0.6 is 22.6 Å². The van der Waals surface area contributed by atoms with Crippen molar-refractivity contribution in [2.45, 2.75) is 33.6 Å². The molecule has 0 unspecified atom stereocenters. The SMILES string of the molecule is CC1=CCC[C@]1(C)C(=O)Oc1ccc(C)cc1I. The van der Waals surface area contributed by atoms with Crippen LogP contribution in [0.4, 0.5) is 0 Å². The second kappa shape index (κ2) is 5.03. The molecule has 2 rings (SSSR count). The fourth-order valence-corrected chi connectivity index (χ4v) is 2.95. The van der Waals surface area contributed by atoms with Crippen molar-refractivity contribution in [3.05, 3.63) is 39.0 Å². The Hall–Kier alpha value is -0.840. The van der Waals surface area contributed by atoms with Crippen LogP contribution in [-0.2, 0) is 4.79 Å². The van der Waals surface area contributed by atoms with Gasteiger partial charge >= 0.3 is 5.97 Å². The molecule has 1 aromatic rings. The van der Waals surface area contributed by atoms with Gasteiger partial charge in [0, 0.05) is 0 Å². The van der Waals surface area contributed by atoms with Crippen LogP contribution in [0.2, 0.25) is 0 Å². The second-order valence-corrected chi connectivity index (χ2v) is 6.24. The average Bonchev–Trinajstić information content (AvgIpc) is 2.64. The zero-order valence-corrected chi connectivity index (χ0v) is 13.1. The van der Waals surface area contributed by atoms with Crippen LogP contribution in [0.5, 0.6) is 5.75 Å². The van der Waals surface area contributed by atoms with Crippen molar-refractivity contribution in [1.29, 1.82) is 0 Å². The number of hydrogen-bond donors (Lipinski definition) is 0. The Bertz CT molecular complexity index is 519. The zero-order chi connectivity index (χ0) is 13.3. The van der Waals surface area contributed by atoms with E-state index in [9.17, 15) is 4.79 Å². The topological polar surface area (TPSA) is 26.3 Å². The van der Waals surface area contributed by atoms with Gasteiger partial charge in [0.25, 0.3) is 0 Å². The standard InChI is InChI=1S/C15H17IO2/c1-10-6-7-13(12(16)9-10)18-14(17)15(3)8-4-5-11(15)2/h5-7,9H,4,8H2,1-3H3/t15-/m0/s1. The van der Waals surface area contributed by atoms with Crippen LogP contribution in [0.25, 0.3) is 0 Å².